The van der Waals surface area contributed by atoms with Crippen molar-refractivity contribution in [2.45, 2.75) is 43.4 Å². The lowest BCUT2D eigenvalue weighted by molar-refractivity contribution is -0.0681. The highest BCUT2D eigenvalue weighted by Crippen LogP contribution is 2.62. The minimum atomic E-state index is -0.0343. The fourth-order valence-electron chi connectivity index (χ4n) is 5.56. The summed E-state index contributed by atoms with van der Waals surface area (Å²) in [6, 6.07) is 4.40. The third kappa shape index (κ3) is 1.54. The van der Waals surface area contributed by atoms with E-state index in [2.05, 4.69) is 30.2 Å². The molecule has 2 heterocycles. The molecule has 0 saturated carbocycles. The van der Waals surface area contributed by atoms with E-state index in [1.165, 1.54) is 11.1 Å². The number of aromatic hydroxyl groups is 1. The average Bonchev–Trinajstić information content (AvgIpc) is 2.90. The summed E-state index contributed by atoms with van der Waals surface area (Å²) in [5, 5.41) is 10.4. The molecular weight excluding hydrogens is 290 g/mol. The van der Waals surface area contributed by atoms with Crippen LogP contribution in [0.5, 0.6) is 11.5 Å². The molecule has 1 aromatic carbocycles. The zero-order valence-electron chi connectivity index (χ0n) is 13.7. The second-order valence-electron chi connectivity index (χ2n) is 7.36. The van der Waals surface area contributed by atoms with Crippen LogP contribution >= 0.6 is 0 Å². The molecule has 4 nitrogen and oxygen atoms in total. The molecule has 5 rings (SSSR count). The third-order valence-corrected chi connectivity index (χ3v) is 6.49. The molecule has 0 unspecified atom stereocenters. The normalized spacial score (nSPS) is 39.9. The van der Waals surface area contributed by atoms with Gasteiger partial charge in [0.15, 0.2) is 11.5 Å². The lowest BCUT2D eigenvalue weighted by atomic mass is 9.53. The van der Waals surface area contributed by atoms with Crippen LogP contribution in [0.15, 0.2) is 24.3 Å². The summed E-state index contributed by atoms with van der Waals surface area (Å²) in [6.07, 6.45) is 6.60. The number of phenols is 1. The number of piperidine rings is 1. The van der Waals surface area contributed by atoms with Crippen LogP contribution in [0, 0.1) is 5.92 Å². The van der Waals surface area contributed by atoms with Crippen molar-refractivity contribution in [1.82, 2.24) is 4.90 Å². The number of ether oxygens (including phenoxy) is 2. The van der Waals surface area contributed by atoms with E-state index < -0.39 is 0 Å². The zero-order valence-corrected chi connectivity index (χ0v) is 13.7. The molecule has 5 atom stereocenters. The number of benzene rings is 1. The van der Waals surface area contributed by atoms with E-state index in [0.717, 1.165) is 19.4 Å². The Morgan fingerprint density at radius 1 is 1.39 bits per heavy atom. The number of rotatable bonds is 2. The van der Waals surface area contributed by atoms with Crippen LogP contribution in [0.25, 0.3) is 0 Å². The van der Waals surface area contributed by atoms with Crippen LogP contribution in [0.1, 0.15) is 24.5 Å². The average molecular weight is 313 g/mol. The van der Waals surface area contributed by atoms with Crippen LogP contribution in [-0.4, -0.2) is 48.5 Å². The van der Waals surface area contributed by atoms with Gasteiger partial charge < -0.3 is 19.5 Å². The van der Waals surface area contributed by atoms with Gasteiger partial charge in [0.25, 0.3) is 0 Å². The van der Waals surface area contributed by atoms with Crippen molar-refractivity contribution in [2.24, 2.45) is 5.92 Å². The Balaban J connectivity index is 1.76. The number of nitrogens with zero attached hydrogens (tertiary/aromatic N) is 1. The Bertz CT molecular complexity index is 700. The van der Waals surface area contributed by atoms with Gasteiger partial charge in [-0.3, -0.25) is 0 Å². The summed E-state index contributed by atoms with van der Waals surface area (Å²) in [5.74, 6) is 1.44. The molecule has 2 aliphatic carbocycles. The molecule has 1 aromatic rings. The van der Waals surface area contributed by atoms with E-state index in [4.69, 9.17) is 9.47 Å². The highest BCUT2D eigenvalue weighted by atomic mass is 16.5. The number of likely N-dealkylation sites (tertiary alicyclic amines) is 1. The first-order chi connectivity index (χ1) is 11.2. The van der Waals surface area contributed by atoms with Gasteiger partial charge in [-0.1, -0.05) is 18.2 Å². The smallest absolute Gasteiger partial charge is 0.165 e. The maximum atomic E-state index is 10.4. The second kappa shape index (κ2) is 4.52. The van der Waals surface area contributed by atoms with Gasteiger partial charge in [-0.15, -0.1) is 0 Å². The van der Waals surface area contributed by atoms with Crippen molar-refractivity contribution < 1.29 is 14.6 Å². The van der Waals surface area contributed by atoms with E-state index in [0.29, 0.717) is 24.3 Å². The topological polar surface area (TPSA) is 41.9 Å². The van der Waals surface area contributed by atoms with Crippen LogP contribution in [0.2, 0.25) is 0 Å². The van der Waals surface area contributed by atoms with Gasteiger partial charge in [0.2, 0.25) is 0 Å². The predicted octanol–water partition coefficient (Wildman–Crippen LogP) is 2.24. The first-order valence-electron chi connectivity index (χ1n) is 8.69. The zero-order chi connectivity index (χ0) is 15.8. The van der Waals surface area contributed by atoms with Crippen LogP contribution in [-0.2, 0) is 16.6 Å². The van der Waals surface area contributed by atoms with Crippen molar-refractivity contribution in [2.75, 3.05) is 20.2 Å². The number of hydrogen-bond acceptors (Lipinski definition) is 4. The van der Waals surface area contributed by atoms with Crippen molar-refractivity contribution in [3.8, 4) is 11.5 Å². The second-order valence-corrected chi connectivity index (χ2v) is 7.36. The Morgan fingerprint density at radius 3 is 3.09 bits per heavy atom. The van der Waals surface area contributed by atoms with Gasteiger partial charge in [-0.25, -0.2) is 0 Å². The predicted molar refractivity (Wildman–Crippen MR) is 87.0 cm³/mol. The van der Waals surface area contributed by atoms with Gasteiger partial charge in [0.05, 0.1) is 0 Å². The largest absolute Gasteiger partial charge is 0.504 e. The standard InChI is InChI=1S/C19H23NO3/c1-3-22-15-7-5-12-13-10-11-4-6-14(21)17-16(11)19(12,18(15)23-17)8-9-20(13)2/h4-7,12-13,15,18,21H,3,8-10H2,1-2H3/t12-,13+,15+,18-,19-/m0/s1. The lowest BCUT2D eigenvalue weighted by Crippen LogP contribution is -2.65. The third-order valence-electron chi connectivity index (χ3n) is 6.49. The van der Waals surface area contributed by atoms with Crippen molar-refractivity contribution in [3.63, 3.8) is 0 Å². The molecule has 4 aliphatic rings. The summed E-state index contributed by atoms with van der Waals surface area (Å²) >= 11 is 0. The van der Waals surface area contributed by atoms with Gasteiger partial charge in [0.1, 0.15) is 12.2 Å². The van der Waals surface area contributed by atoms with Crippen molar-refractivity contribution in [1.29, 1.82) is 0 Å². The molecule has 0 radical (unpaired) electrons. The summed E-state index contributed by atoms with van der Waals surface area (Å²) in [4.78, 5) is 2.49. The molecule has 1 saturated heterocycles. The van der Waals surface area contributed by atoms with Gasteiger partial charge in [-0.05, 0) is 45.0 Å². The Hall–Kier alpha value is -1.52. The number of hydrogen-bond donors (Lipinski definition) is 1. The molecule has 2 bridgehead atoms. The lowest BCUT2D eigenvalue weighted by Gasteiger charge is -2.56. The molecule has 0 amide bonds. The molecule has 1 spiro atoms. The Kier molecular flexibility index (Phi) is 2.73. The fraction of sp³-hybridized carbons (Fsp3) is 0.579. The molecule has 1 N–H and O–H groups in total. The first-order valence-corrected chi connectivity index (χ1v) is 8.69. The maximum Gasteiger partial charge on any atom is 0.165 e. The minimum Gasteiger partial charge on any atom is -0.504 e. The van der Waals surface area contributed by atoms with Crippen molar-refractivity contribution >= 4 is 0 Å². The molecule has 122 valence electrons. The van der Waals surface area contributed by atoms with Gasteiger partial charge in [-0.2, -0.15) is 0 Å². The number of phenolic OH excluding ortho intramolecular Hbond substituents is 1. The maximum absolute atomic E-state index is 10.4. The van der Waals surface area contributed by atoms with Gasteiger partial charge in [0, 0.05) is 29.5 Å². The monoisotopic (exact) mass is 313 g/mol. The fourth-order valence-corrected chi connectivity index (χ4v) is 5.56. The summed E-state index contributed by atoms with van der Waals surface area (Å²) in [5.41, 5.74) is 2.58. The molecule has 0 aromatic heterocycles. The molecule has 1 fully saturated rings. The summed E-state index contributed by atoms with van der Waals surface area (Å²) in [7, 11) is 2.23. The first kappa shape index (κ1) is 13.9. The highest BCUT2D eigenvalue weighted by Gasteiger charge is 2.64. The van der Waals surface area contributed by atoms with E-state index in [1.807, 2.05) is 6.92 Å². The Morgan fingerprint density at radius 2 is 2.26 bits per heavy atom. The summed E-state index contributed by atoms with van der Waals surface area (Å²) in [6.45, 7) is 3.78. The van der Waals surface area contributed by atoms with Crippen molar-refractivity contribution in [3.05, 3.63) is 35.4 Å². The van der Waals surface area contributed by atoms with E-state index in [-0.39, 0.29) is 23.4 Å². The van der Waals surface area contributed by atoms with E-state index in [1.54, 1.807) is 6.07 Å². The quantitative estimate of drug-likeness (QED) is 0.850. The Labute approximate surface area is 136 Å². The van der Waals surface area contributed by atoms with Crippen LogP contribution in [0.3, 0.4) is 0 Å². The molecule has 2 aliphatic heterocycles. The van der Waals surface area contributed by atoms with E-state index >= 15 is 0 Å². The van der Waals surface area contributed by atoms with E-state index in [9.17, 15) is 5.11 Å². The molecule has 23 heavy (non-hydrogen) atoms. The SMILES string of the molecule is CCO[C@@H]1C=C[C@H]2[C@H]3Cc4ccc(O)c5c4[C@@]2(CCN3C)[C@H]1O5. The number of likely N-dealkylation sites (N-methyl/N-ethyl adjacent to an activating group) is 1. The van der Waals surface area contributed by atoms with Gasteiger partial charge >= 0.3 is 0 Å². The molecule has 4 heteroatoms. The van der Waals surface area contributed by atoms with Crippen LogP contribution < -0.4 is 4.74 Å². The highest BCUT2D eigenvalue weighted by molar-refractivity contribution is 5.61. The van der Waals surface area contributed by atoms with Crippen LogP contribution in [0.4, 0.5) is 0 Å². The minimum absolute atomic E-state index is 0.0176. The summed E-state index contributed by atoms with van der Waals surface area (Å²) < 4.78 is 12.4. The molecular formula is C19H23NO3.